The van der Waals surface area contributed by atoms with Crippen LogP contribution in [0.5, 0.6) is 0 Å². The molecule has 0 fully saturated rings. The summed E-state index contributed by atoms with van der Waals surface area (Å²) in [6.07, 6.45) is 1.08. The Kier molecular flexibility index (Phi) is 6.76. The molecule has 0 aliphatic rings. The predicted octanol–water partition coefficient (Wildman–Crippen LogP) is 4.04. The lowest BCUT2D eigenvalue weighted by Gasteiger charge is -2.10. The number of carbonyl (C=O) groups is 1. The number of benzene rings is 3. The molecule has 33 heavy (non-hydrogen) atoms. The van der Waals surface area contributed by atoms with Crippen LogP contribution in [0.1, 0.15) is 0 Å². The molecule has 1 amide bonds. The maximum absolute atomic E-state index is 12.5. The first-order valence-electron chi connectivity index (χ1n) is 9.96. The van der Waals surface area contributed by atoms with E-state index in [1.165, 1.54) is 11.8 Å². The molecule has 0 bridgehead atoms. The standard InChI is InChI=1S/C23H21N5O3S2/c1-33(30,31)27-19-14-12-18(13-15-19)24-21(29)16-32-23-26-25-22(17-8-4-2-5-9-17)28(23)20-10-6-3-7-11-20/h2-15,27H,16H2,1H3,(H,24,29). The molecular formula is C23H21N5O3S2. The van der Waals surface area contributed by atoms with E-state index < -0.39 is 10.0 Å². The van der Waals surface area contributed by atoms with E-state index in [1.54, 1.807) is 24.3 Å². The number of para-hydroxylation sites is 1. The fourth-order valence-corrected chi connectivity index (χ4v) is 4.43. The number of rotatable bonds is 8. The lowest BCUT2D eigenvalue weighted by molar-refractivity contribution is -0.113. The number of nitrogens with zero attached hydrogens (tertiary/aromatic N) is 3. The molecule has 4 rings (SSSR count). The molecule has 0 aliphatic heterocycles. The zero-order valence-corrected chi connectivity index (χ0v) is 19.3. The zero-order chi connectivity index (χ0) is 23.3. The van der Waals surface area contributed by atoms with Gasteiger partial charge in [-0.3, -0.25) is 14.1 Å². The van der Waals surface area contributed by atoms with Gasteiger partial charge in [0.2, 0.25) is 15.9 Å². The molecule has 4 aromatic rings. The summed E-state index contributed by atoms with van der Waals surface area (Å²) < 4.78 is 26.9. The van der Waals surface area contributed by atoms with Gasteiger partial charge < -0.3 is 5.32 Å². The topological polar surface area (TPSA) is 106 Å². The van der Waals surface area contributed by atoms with E-state index in [2.05, 4.69) is 20.2 Å². The van der Waals surface area contributed by atoms with Crippen molar-refractivity contribution in [3.05, 3.63) is 84.9 Å². The second-order valence-electron chi connectivity index (χ2n) is 7.13. The smallest absolute Gasteiger partial charge is 0.234 e. The van der Waals surface area contributed by atoms with Crippen molar-refractivity contribution in [2.75, 3.05) is 22.0 Å². The summed E-state index contributed by atoms with van der Waals surface area (Å²) in [6.45, 7) is 0. The predicted molar refractivity (Wildman–Crippen MR) is 131 cm³/mol. The lowest BCUT2D eigenvalue weighted by atomic mass is 10.2. The average Bonchev–Trinajstić information content (AvgIpc) is 3.23. The maximum atomic E-state index is 12.5. The highest BCUT2D eigenvalue weighted by molar-refractivity contribution is 7.99. The maximum Gasteiger partial charge on any atom is 0.234 e. The van der Waals surface area contributed by atoms with Gasteiger partial charge >= 0.3 is 0 Å². The van der Waals surface area contributed by atoms with Gasteiger partial charge in [-0.25, -0.2) is 8.42 Å². The van der Waals surface area contributed by atoms with Gasteiger partial charge in [-0.1, -0.05) is 60.3 Å². The molecule has 2 N–H and O–H groups in total. The molecular weight excluding hydrogens is 458 g/mol. The van der Waals surface area contributed by atoms with Gasteiger partial charge in [0.05, 0.1) is 12.0 Å². The van der Waals surface area contributed by atoms with Crippen molar-refractivity contribution in [2.24, 2.45) is 0 Å². The summed E-state index contributed by atoms with van der Waals surface area (Å²) in [7, 11) is -3.35. The van der Waals surface area contributed by atoms with E-state index in [1.807, 2.05) is 65.2 Å². The van der Waals surface area contributed by atoms with Gasteiger partial charge in [-0.2, -0.15) is 0 Å². The van der Waals surface area contributed by atoms with Gasteiger partial charge in [0, 0.05) is 22.6 Å². The van der Waals surface area contributed by atoms with Gasteiger partial charge in [0.15, 0.2) is 11.0 Å². The van der Waals surface area contributed by atoms with Gasteiger partial charge in [-0.05, 0) is 36.4 Å². The number of carbonyl (C=O) groups excluding carboxylic acids is 1. The van der Waals surface area contributed by atoms with Gasteiger partial charge in [-0.15, -0.1) is 10.2 Å². The van der Waals surface area contributed by atoms with Crippen LogP contribution in [0.3, 0.4) is 0 Å². The van der Waals surface area contributed by atoms with Crippen molar-refractivity contribution in [3.63, 3.8) is 0 Å². The highest BCUT2D eigenvalue weighted by Crippen LogP contribution is 2.28. The summed E-state index contributed by atoms with van der Waals surface area (Å²) in [4.78, 5) is 12.5. The van der Waals surface area contributed by atoms with E-state index in [0.29, 0.717) is 22.4 Å². The molecule has 0 atom stereocenters. The highest BCUT2D eigenvalue weighted by atomic mass is 32.2. The Balaban J connectivity index is 1.48. The summed E-state index contributed by atoms with van der Waals surface area (Å²) in [5.74, 6) is 0.606. The molecule has 1 heterocycles. The number of amides is 1. The van der Waals surface area contributed by atoms with Crippen LogP contribution in [0.2, 0.25) is 0 Å². The van der Waals surface area contributed by atoms with Crippen molar-refractivity contribution in [2.45, 2.75) is 5.16 Å². The zero-order valence-electron chi connectivity index (χ0n) is 17.7. The lowest BCUT2D eigenvalue weighted by Crippen LogP contribution is -2.15. The molecule has 0 unspecified atom stereocenters. The van der Waals surface area contributed by atoms with E-state index in [4.69, 9.17) is 0 Å². The minimum Gasteiger partial charge on any atom is -0.325 e. The normalized spacial score (nSPS) is 11.2. The molecule has 0 aliphatic carbocycles. The summed E-state index contributed by atoms with van der Waals surface area (Å²) in [6, 6.07) is 25.9. The number of hydrogen-bond acceptors (Lipinski definition) is 6. The van der Waals surface area contributed by atoms with Crippen LogP contribution < -0.4 is 10.0 Å². The molecule has 3 aromatic carbocycles. The first kappa shape index (κ1) is 22.6. The third kappa shape index (κ3) is 5.99. The summed E-state index contributed by atoms with van der Waals surface area (Å²) in [5, 5.41) is 12.1. The molecule has 10 heteroatoms. The number of hydrogen-bond donors (Lipinski definition) is 2. The number of sulfonamides is 1. The van der Waals surface area contributed by atoms with Crippen molar-refractivity contribution in [1.29, 1.82) is 0 Å². The SMILES string of the molecule is CS(=O)(=O)Nc1ccc(NC(=O)CSc2nnc(-c3ccccc3)n2-c2ccccc2)cc1. The highest BCUT2D eigenvalue weighted by Gasteiger charge is 2.17. The number of nitrogens with one attached hydrogen (secondary N) is 2. The fraction of sp³-hybridized carbons (Fsp3) is 0.0870. The Hall–Kier alpha value is -3.63. The molecule has 0 saturated carbocycles. The van der Waals surface area contributed by atoms with E-state index in [0.717, 1.165) is 17.5 Å². The summed E-state index contributed by atoms with van der Waals surface area (Å²) >= 11 is 1.28. The Morgan fingerprint density at radius 1 is 0.879 bits per heavy atom. The third-order valence-corrected chi connectivity index (χ3v) is 6.02. The molecule has 0 saturated heterocycles. The Morgan fingerprint density at radius 2 is 1.48 bits per heavy atom. The molecule has 8 nitrogen and oxygen atoms in total. The molecule has 168 valence electrons. The van der Waals surface area contributed by atoms with Crippen molar-refractivity contribution < 1.29 is 13.2 Å². The first-order valence-corrected chi connectivity index (χ1v) is 12.8. The van der Waals surface area contributed by atoms with E-state index in [9.17, 15) is 13.2 Å². The van der Waals surface area contributed by atoms with Crippen LogP contribution in [0.25, 0.3) is 17.1 Å². The van der Waals surface area contributed by atoms with E-state index >= 15 is 0 Å². The summed E-state index contributed by atoms with van der Waals surface area (Å²) in [5.41, 5.74) is 2.81. The van der Waals surface area contributed by atoms with Gasteiger partial charge in [0.1, 0.15) is 0 Å². The van der Waals surface area contributed by atoms with Crippen LogP contribution in [0.15, 0.2) is 90.1 Å². The molecule has 1 aromatic heterocycles. The number of aromatic nitrogens is 3. The minimum atomic E-state index is -3.35. The quantitative estimate of drug-likeness (QED) is 0.370. The Bertz CT molecular complexity index is 1340. The van der Waals surface area contributed by atoms with Crippen LogP contribution in [0, 0.1) is 0 Å². The monoisotopic (exact) mass is 479 g/mol. The first-order chi connectivity index (χ1) is 15.9. The van der Waals surface area contributed by atoms with Crippen molar-refractivity contribution in [3.8, 4) is 17.1 Å². The second-order valence-corrected chi connectivity index (χ2v) is 9.82. The van der Waals surface area contributed by atoms with Crippen molar-refractivity contribution in [1.82, 2.24) is 14.8 Å². The van der Waals surface area contributed by atoms with Crippen LogP contribution >= 0.6 is 11.8 Å². The van der Waals surface area contributed by atoms with Crippen molar-refractivity contribution >= 4 is 39.1 Å². The van der Waals surface area contributed by atoms with E-state index in [-0.39, 0.29) is 11.7 Å². The second kappa shape index (κ2) is 9.88. The Labute approximate surface area is 196 Å². The molecule has 0 spiro atoms. The van der Waals surface area contributed by atoms with Crippen LogP contribution in [-0.2, 0) is 14.8 Å². The molecule has 0 radical (unpaired) electrons. The van der Waals surface area contributed by atoms with Crippen LogP contribution in [0.4, 0.5) is 11.4 Å². The minimum absolute atomic E-state index is 0.128. The number of thioether (sulfide) groups is 1. The fourth-order valence-electron chi connectivity index (χ4n) is 3.11. The largest absolute Gasteiger partial charge is 0.325 e. The third-order valence-electron chi connectivity index (χ3n) is 4.48. The number of anilines is 2. The Morgan fingerprint density at radius 3 is 2.12 bits per heavy atom. The van der Waals surface area contributed by atoms with Crippen LogP contribution in [-0.4, -0.2) is 41.1 Å². The van der Waals surface area contributed by atoms with Gasteiger partial charge in [0.25, 0.3) is 0 Å². The average molecular weight is 480 g/mol.